The van der Waals surface area contributed by atoms with E-state index in [4.69, 9.17) is 0 Å². The molecule has 11 atom stereocenters. The summed E-state index contributed by atoms with van der Waals surface area (Å²) < 4.78 is 0. The Morgan fingerprint density at radius 1 is 0.939 bits per heavy atom. The number of carboxylic acid groups (broad SMARTS) is 1. The van der Waals surface area contributed by atoms with Crippen LogP contribution < -0.4 is 0 Å². The summed E-state index contributed by atoms with van der Waals surface area (Å²) in [4.78, 5) is 11.4. The van der Waals surface area contributed by atoms with Crippen molar-refractivity contribution in [1.82, 2.24) is 0 Å². The van der Waals surface area contributed by atoms with E-state index in [2.05, 4.69) is 48.5 Å². The number of carboxylic acids is 1. The minimum Gasteiger partial charge on any atom is -0.481 e. The zero-order valence-corrected chi connectivity index (χ0v) is 23.0. The molecule has 2 nitrogen and oxygen atoms in total. The van der Waals surface area contributed by atoms with Crippen molar-refractivity contribution in [2.75, 3.05) is 0 Å². The fourth-order valence-electron chi connectivity index (χ4n) is 10.9. The van der Waals surface area contributed by atoms with Crippen LogP contribution in [0.1, 0.15) is 126 Å². The lowest BCUT2D eigenvalue weighted by atomic mass is 9.38. The molecule has 1 N–H and O–H groups in total. The zero-order chi connectivity index (χ0) is 24.2. The normalized spacial score (nSPS) is 50.2. The number of hydrogen-bond donors (Lipinski definition) is 1. The second-order valence-electron chi connectivity index (χ2n) is 13.9. The van der Waals surface area contributed by atoms with Gasteiger partial charge in [0, 0.05) is 6.42 Å². The maximum Gasteiger partial charge on any atom is 0.303 e. The molecule has 0 aromatic carbocycles. The number of rotatable bonds is 7. The number of fused-ring (bicyclic) bond motifs is 5. The van der Waals surface area contributed by atoms with Crippen molar-refractivity contribution >= 4 is 5.97 Å². The minimum atomic E-state index is -0.624. The van der Waals surface area contributed by atoms with E-state index in [1.807, 2.05) is 0 Å². The lowest BCUT2D eigenvalue weighted by Crippen LogP contribution is -2.60. The first-order valence-corrected chi connectivity index (χ1v) is 14.8. The molecule has 0 aliphatic heterocycles. The standard InChI is InChI=1S/C31H54O2/c1-8-21-13-15-29(5)24(17-21)18-22(9-2)28-25-14-16-30(6,20(4)11-12-27(32)33)31(25,7)23(10-3)19-26(28)29/h20-26,28H,8-19H2,1-7H3,(H,32,33)/t20-,21?,22-,23+,24+,25+,26+,28+,29+,30-,31+/m1/s1. The predicted molar refractivity (Wildman–Crippen MR) is 138 cm³/mol. The maximum absolute atomic E-state index is 11.4. The van der Waals surface area contributed by atoms with Crippen LogP contribution in [0.5, 0.6) is 0 Å². The largest absolute Gasteiger partial charge is 0.481 e. The van der Waals surface area contributed by atoms with Gasteiger partial charge in [-0.1, -0.05) is 67.7 Å². The first-order valence-electron chi connectivity index (χ1n) is 14.8. The van der Waals surface area contributed by atoms with E-state index < -0.39 is 5.97 Å². The fourth-order valence-corrected chi connectivity index (χ4v) is 10.9. The van der Waals surface area contributed by atoms with Gasteiger partial charge in [0.15, 0.2) is 0 Å². The molecule has 2 heteroatoms. The Bertz CT molecular complexity index is 716. The Labute approximate surface area is 205 Å². The summed E-state index contributed by atoms with van der Waals surface area (Å²) in [5.41, 5.74) is 1.19. The molecule has 4 rings (SSSR count). The highest BCUT2D eigenvalue weighted by Gasteiger charge is 2.68. The molecule has 1 unspecified atom stereocenters. The van der Waals surface area contributed by atoms with Gasteiger partial charge < -0.3 is 5.11 Å². The van der Waals surface area contributed by atoms with E-state index in [1.165, 1.54) is 64.2 Å². The topological polar surface area (TPSA) is 37.3 Å². The van der Waals surface area contributed by atoms with Crippen LogP contribution in [0.25, 0.3) is 0 Å². The van der Waals surface area contributed by atoms with Crippen molar-refractivity contribution in [1.29, 1.82) is 0 Å². The van der Waals surface area contributed by atoms with Gasteiger partial charge >= 0.3 is 5.97 Å². The van der Waals surface area contributed by atoms with E-state index in [0.717, 1.165) is 47.8 Å². The lowest BCUT2D eigenvalue weighted by Gasteiger charge is -2.67. The van der Waals surface area contributed by atoms with Crippen LogP contribution >= 0.6 is 0 Å². The number of aliphatic carboxylic acids is 1. The second kappa shape index (κ2) is 9.16. The van der Waals surface area contributed by atoms with Gasteiger partial charge in [0.25, 0.3) is 0 Å². The third-order valence-corrected chi connectivity index (χ3v) is 13.4. The molecule has 4 saturated carbocycles. The molecule has 0 aromatic rings. The molecule has 0 spiro atoms. The molecule has 33 heavy (non-hydrogen) atoms. The fraction of sp³-hybridized carbons (Fsp3) is 0.968. The van der Waals surface area contributed by atoms with Crippen LogP contribution in [0, 0.1) is 63.6 Å². The average molecular weight is 459 g/mol. The van der Waals surface area contributed by atoms with Crippen LogP contribution in [0.4, 0.5) is 0 Å². The van der Waals surface area contributed by atoms with Crippen molar-refractivity contribution in [3.8, 4) is 0 Å². The Kier molecular flexibility index (Phi) is 7.10. The second-order valence-corrected chi connectivity index (χ2v) is 13.9. The summed E-state index contributed by atoms with van der Waals surface area (Å²) in [7, 11) is 0. The molecular weight excluding hydrogens is 404 g/mol. The van der Waals surface area contributed by atoms with Crippen molar-refractivity contribution in [3.05, 3.63) is 0 Å². The van der Waals surface area contributed by atoms with Crippen LogP contribution in [-0.4, -0.2) is 11.1 Å². The van der Waals surface area contributed by atoms with Crippen LogP contribution in [-0.2, 0) is 4.79 Å². The van der Waals surface area contributed by atoms with Crippen molar-refractivity contribution in [2.24, 2.45) is 63.6 Å². The van der Waals surface area contributed by atoms with Crippen molar-refractivity contribution < 1.29 is 9.90 Å². The summed E-state index contributed by atoms with van der Waals surface area (Å²) in [6, 6.07) is 0. The van der Waals surface area contributed by atoms with Gasteiger partial charge in [0.1, 0.15) is 0 Å². The first-order chi connectivity index (χ1) is 15.6. The number of hydrogen-bond acceptors (Lipinski definition) is 1. The molecule has 0 amide bonds. The molecule has 4 aliphatic carbocycles. The lowest BCUT2D eigenvalue weighted by molar-refractivity contribution is -0.186. The van der Waals surface area contributed by atoms with Crippen LogP contribution in [0.15, 0.2) is 0 Å². The van der Waals surface area contributed by atoms with Crippen LogP contribution in [0.2, 0.25) is 0 Å². The molecule has 4 fully saturated rings. The van der Waals surface area contributed by atoms with Gasteiger partial charge in [-0.15, -0.1) is 0 Å². The van der Waals surface area contributed by atoms with Crippen LogP contribution in [0.3, 0.4) is 0 Å². The molecule has 0 bridgehead atoms. The summed E-state index contributed by atoms with van der Waals surface area (Å²) in [6.45, 7) is 17.7. The summed E-state index contributed by atoms with van der Waals surface area (Å²) >= 11 is 0. The molecule has 0 saturated heterocycles. The summed E-state index contributed by atoms with van der Waals surface area (Å²) in [5, 5.41) is 9.38. The highest BCUT2D eigenvalue weighted by Crippen LogP contribution is 2.75. The highest BCUT2D eigenvalue weighted by atomic mass is 16.4. The van der Waals surface area contributed by atoms with Crippen molar-refractivity contribution in [2.45, 2.75) is 126 Å². The zero-order valence-electron chi connectivity index (χ0n) is 23.0. The van der Waals surface area contributed by atoms with Crippen molar-refractivity contribution in [3.63, 3.8) is 0 Å². The molecule has 4 aliphatic rings. The first kappa shape index (κ1) is 25.6. The van der Waals surface area contributed by atoms with Gasteiger partial charge in [0.2, 0.25) is 0 Å². The Morgan fingerprint density at radius 3 is 2.27 bits per heavy atom. The van der Waals surface area contributed by atoms with Gasteiger partial charge in [0.05, 0.1) is 0 Å². The Morgan fingerprint density at radius 2 is 1.67 bits per heavy atom. The SMILES string of the molecule is CCC1CC[C@@]2(C)[C@@H](C1)C[C@@H](CC)[C@@H]1[C@@H]2C[C@H](CC)[C@@]2(C)[C@H]1CC[C@]2(C)[C@H](C)CCC(=O)O. The third-order valence-electron chi connectivity index (χ3n) is 13.4. The number of carbonyl (C=O) groups is 1. The van der Waals surface area contributed by atoms with E-state index in [-0.39, 0.29) is 5.41 Å². The Hall–Kier alpha value is -0.530. The third kappa shape index (κ3) is 3.74. The van der Waals surface area contributed by atoms with E-state index in [1.54, 1.807) is 0 Å². The molecule has 0 aromatic heterocycles. The molecule has 190 valence electrons. The van der Waals surface area contributed by atoms with E-state index in [0.29, 0.717) is 23.2 Å². The molecule has 0 heterocycles. The maximum atomic E-state index is 11.4. The molecular formula is C31H54O2. The average Bonchev–Trinajstić information content (AvgIpc) is 3.08. The molecule has 0 radical (unpaired) electrons. The minimum absolute atomic E-state index is 0.272. The van der Waals surface area contributed by atoms with Gasteiger partial charge in [-0.05, 0) is 115 Å². The van der Waals surface area contributed by atoms with Gasteiger partial charge in [-0.25, -0.2) is 0 Å². The predicted octanol–water partition coefficient (Wildman–Crippen LogP) is 8.83. The summed E-state index contributed by atoms with van der Waals surface area (Å²) in [5.74, 6) is 6.13. The summed E-state index contributed by atoms with van der Waals surface area (Å²) in [6.07, 6.45) is 15.3. The quantitative estimate of drug-likeness (QED) is 0.413. The Balaban J connectivity index is 1.70. The van der Waals surface area contributed by atoms with Gasteiger partial charge in [-0.3, -0.25) is 4.79 Å². The monoisotopic (exact) mass is 458 g/mol. The highest BCUT2D eigenvalue weighted by molar-refractivity contribution is 5.66. The van der Waals surface area contributed by atoms with E-state index in [9.17, 15) is 9.90 Å². The van der Waals surface area contributed by atoms with E-state index >= 15 is 0 Å². The van der Waals surface area contributed by atoms with Gasteiger partial charge in [-0.2, -0.15) is 0 Å². The smallest absolute Gasteiger partial charge is 0.303 e.